The molecule has 0 aliphatic carbocycles. The van der Waals surface area contributed by atoms with Gasteiger partial charge in [-0.2, -0.15) is 5.26 Å². The molecule has 1 atom stereocenters. The molecule has 0 saturated carbocycles. The average molecular weight is 429 g/mol. The lowest BCUT2D eigenvalue weighted by Crippen LogP contribution is -2.09. The summed E-state index contributed by atoms with van der Waals surface area (Å²) >= 11 is 0. The van der Waals surface area contributed by atoms with Crippen LogP contribution in [0.15, 0.2) is 72.8 Å². The fourth-order valence-electron chi connectivity index (χ4n) is 3.50. The summed E-state index contributed by atoms with van der Waals surface area (Å²) in [5.41, 5.74) is 5.32. The maximum absolute atomic E-state index is 10.9. The minimum Gasteiger partial charge on any atom is -0.376 e. The summed E-state index contributed by atoms with van der Waals surface area (Å²) in [5.74, 6) is 0.0321. The quantitative estimate of drug-likeness (QED) is 0.441. The van der Waals surface area contributed by atoms with E-state index in [9.17, 15) is 13.7 Å². The molecule has 0 fully saturated rings. The number of hydrogen-bond donors (Lipinski definition) is 2. The van der Waals surface area contributed by atoms with Crippen molar-refractivity contribution in [2.75, 3.05) is 5.32 Å². The molecule has 1 heterocycles. The maximum Gasteiger partial charge on any atom is 0.186 e. The highest BCUT2D eigenvalue weighted by Crippen LogP contribution is 2.31. The monoisotopic (exact) mass is 428 g/mol. The van der Waals surface area contributed by atoms with Crippen molar-refractivity contribution in [3.63, 3.8) is 0 Å². The number of rotatable bonds is 6. The lowest BCUT2D eigenvalue weighted by molar-refractivity contribution is 0.614. The van der Waals surface area contributed by atoms with Crippen LogP contribution < -0.4 is 5.32 Å². The maximum atomic E-state index is 10.9. The van der Waals surface area contributed by atoms with Crippen molar-refractivity contribution < 1.29 is 8.42 Å². The number of nitrogens with one attached hydrogen (secondary N) is 1. The number of aromatic nitrogens is 2. The Morgan fingerprint density at radius 2 is 1.68 bits per heavy atom. The van der Waals surface area contributed by atoms with Crippen LogP contribution in [0, 0.1) is 11.3 Å². The van der Waals surface area contributed by atoms with Crippen LogP contribution >= 0.6 is 0 Å². The van der Waals surface area contributed by atoms with Crippen LogP contribution in [-0.2, 0) is 16.5 Å². The smallest absolute Gasteiger partial charge is 0.186 e. The molecule has 31 heavy (non-hydrogen) atoms. The van der Waals surface area contributed by atoms with Crippen molar-refractivity contribution in [1.29, 1.82) is 5.26 Å². The van der Waals surface area contributed by atoms with Crippen molar-refractivity contribution >= 4 is 27.3 Å². The highest BCUT2D eigenvalue weighted by atomic mass is 32.2. The van der Waals surface area contributed by atoms with E-state index in [2.05, 4.69) is 21.6 Å². The van der Waals surface area contributed by atoms with Gasteiger partial charge in [0, 0.05) is 11.4 Å². The van der Waals surface area contributed by atoms with Gasteiger partial charge >= 0.3 is 0 Å². The molecule has 6 nitrogen and oxygen atoms in total. The normalized spacial score (nSPS) is 11.9. The minimum atomic E-state index is -2.45. The lowest BCUT2D eigenvalue weighted by atomic mass is 10.0. The zero-order valence-electron chi connectivity index (χ0n) is 16.8. The van der Waals surface area contributed by atoms with Crippen molar-refractivity contribution in [1.82, 2.24) is 10.2 Å². The highest BCUT2D eigenvalue weighted by Gasteiger charge is 2.15. The first-order valence-corrected chi connectivity index (χ1v) is 11.1. The Labute approximate surface area is 182 Å². The number of anilines is 1. The lowest BCUT2D eigenvalue weighted by Gasteiger charge is -2.18. The molecule has 4 rings (SSSR count). The highest BCUT2D eigenvalue weighted by molar-refractivity contribution is 7.71. The number of benzene rings is 3. The Morgan fingerprint density at radius 1 is 0.968 bits per heavy atom. The SMILES string of the molecule is C[C@@H](Nc1c(C#N)nnc2cc(-c3ccc(C[SH](=O)=O)cc3)ccc12)c1ccccc1. The van der Waals surface area contributed by atoms with Crippen LogP contribution in [0.4, 0.5) is 5.69 Å². The van der Waals surface area contributed by atoms with Gasteiger partial charge in [0.1, 0.15) is 16.8 Å². The van der Waals surface area contributed by atoms with Gasteiger partial charge < -0.3 is 5.32 Å². The van der Waals surface area contributed by atoms with Crippen LogP contribution in [-0.4, -0.2) is 18.6 Å². The first kappa shape index (κ1) is 20.5. The number of nitrogens with zero attached hydrogens (tertiary/aromatic N) is 3. The number of hydrogen-bond acceptors (Lipinski definition) is 6. The Bertz CT molecular complexity index is 1340. The van der Waals surface area contributed by atoms with Crippen molar-refractivity contribution in [2.45, 2.75) is 18.7 Å². The van der Waals surface area contributed by atoms with E-state index in [4.69, 9.17) is 0 Å². The van der Waals surface area contributed by atoms with Crippen LogP contribution in [0.1, 0.15) is 29.8 Å². The molecular formula is C24H20N4O2S. The Kier molecular flexibility index (Phi) is 5.92. The van der Waals surface area contributed by atoms with E-state index in [1.54, 1.807) is 0 Å². The predicted molar refractivity (Wildman–Crippen MR) is 122 cm³/mol. The molecule has 3 aromatic carbocycles. The van der Waals surface area contributed by atoms with Gasteiger partial charge in [0.25, 0.3) is 0 Å². The summed E-state index contributed by atoms with van der Waals surface area (Å²) in [4.78, 5) is 0. The average Bonchev–Trinajstić information content (AvgIpc) is 2.79. The Morgan fingerprint density at radius 3 is 2.35 bits per heavy atom. The van der Waals surface area contributed by atoms with E-state index in [-0.39, 0.29) is 17.5 Å². The van der Waals surface area contributed by atoms with Crippen LogP contribution in [0.25, 0.3) is 22.0 Å². The molecule has 0 aliphatic heterocycles. The molecule has 0 bridgehead atoms. The summed E-state index contributed by atoms with van der Waals surface area (Å²) in [5, 5.41) is 22.1. The third-order valence-electron chi connectivity index (χ3n) is 5.13. The molecule has 0 unspecified atom stereocenters. The van der Waals surface area contributed by atoms with Gasteiger partial charge in [-0.3, -0.25) is 0 Å². The Balaban J connectivity index is 1.70. The standard InChI is InChI=1S/C24H20N4O2S/c1-16(18-5-3-2-4-6-18)26-24-21-12-11-20(13-22(21)27-28-23(24)14-25)19-9-7-17(8-10-19)15-31(29)30/h2-13,16,31H,15H2,1H3,(H,26,27)/t16-/m1/s1. The summed E-state index contributed by atoms with van der Waals surface area (Å²) < 4.78 is 21.8. The molecule has 7 heteroatoms. The fraction of sp³-hybridized carbons (Fsp3) is 0.125. The van der Waals surface area contributed by atoms with Gasteiger partial charge in [-0.25, -0.2) is 8.42 Å². The van der Waals surface area contributed by atoms with E-state index >= 15 is 0 Å². The van der Waals surface area contributed by atoms with Crippen molar-refractivity contribution in [2.24, 2.45) is 0 Å². The van der Waals surface area contributed by atoms with Gasteiger partial charge in [0.05, 0.1) is 17.0 Å². The van der Waals surface area contributed by atoms with E-state index in [0.29, 0.717) is 11.2 Å². The van der Waals surface area contributed by atoms with E-state index in [0.717, 1.165) is 27.6 Å². The largest absolute Gasteiger partial charge is 0.376 e. The zero-order valence-corrected chi connectivity index (χ0v) is 17.7. The van der Waals surface area contributed by atoms with Gasteiger partial charge in [0.15, 0.2) is 5.69 Å². The van der Waals surface area contributed by atoms with Gasteiger partial charge in [0.2, 0.25) is 0 Å². The molecule has 154 valence electrons. The van der Waals surface area contributed by atoms with Crippen LogP contribution in [0.2, 0.25) is 0 Å². The third-order valence-corrected chi connectivity index (χ3v) is 5.75. The molecular weight excluding hydrogens is 408 g/mol. The number of nitriles is 1. The van der Waals surface area contributed by atoms with Gasteiger partial charge in [-0.05, 0) is 41.3 Å². The van der Waals surface area contributed by atoms with Crippen molar-refractivity contribution in [3.05, 3.63) is 89.6 Å². The third kappa shape index (κ3) is 4.55. The Hall–Kier alpha value is -3.76. The zero-order chi connectivity index (χ0) is 21.8. The summed E-state index contributed by atoms with van der Waals surface area (Å²) in [6, 6.07) is 25.3. The fourth-order valence-corrected chi connectivity index (χ4v) is 4.01. The summed E-state index contributed by atoms with van der Waals surface area (Å²) in [6.45, 7) is 2.04. The first-order chi connectivity index (χ1) is 15.0. The first-order valence-electron chi connectivity index (χ1n) is 9.78. The molecule has 4 aromatic rings. The van der Waals surface area contributed by atoms with Crippen LogP contribution in [0.5, 0.6) is 0 Å². The number of fused-ring (bicyclic) bond motifs is 1. The van der Waals surface area contributed by atoms with E-state index in [1.165, 1.54) is 0 Å². The van der Waals surface area contributed by atoms with Gasteiger partial charge in [-0.1, -0.05) is 60.7 Å². The molecule has 0 amide bonds. The topological polar surface area (TPSA) is 95.7 Å². The minimum absolute atomic E-state index is 0.0135. The van der Waals surface area contributed by atoms with Crippen molar-refractivity contribution in [3.8, 4) is 17.2 Å². The second-order valence-corrected chi connectivity index (χ2v) is 8.21. The second-order valence-electron chi connectivity index (χ2n) is 7.23. The molecule has 0 aliphatic rings. The second kappa shape index (κ2) is 8.94. The molecule has 0 spiro atoms. The molecule has 1 aromatic heterocycles. The molecule has 1 N–H and O–H groups in total. The van der Waals surface area contributed by atoms with E-state index < -0.39 is 10.7 Å². The summed E-state index contributed by atoms with van der Waals surface area (Å²) in [6.07, 6.45) is 0. The summed E-state index contributed by atoms with van der Waals surface area (Å²) in [7, 11) is -2.45. The predicted octanol–water partition coefficient (Wildman–Crippen LogP) is 4.45. The molecule has 0 radical (unpaired) electrons. The van der Waals surface area contributed by atoms with Crippen LogP contribution in [0.3, 0.4) is 0 Å². The molecule has 0 saturated heterocycles. The number of thiol groups is 1. The van der Waals surface area contributed by atoms with Gasteiger partial charge in [-0.15, -0.1) is 10.2 Å². The van der Waals surface area contributed by atoms with E-state index in [1.807, 2.05) is 79.7 Å².